The number of hydrogen-bond donors (Lipinski definition) is 3. The lowest BCUT2D eigenvalue weighted by Gasteiger charge is -2.37. The predicted octanol–water partition coefficient (Wildman–Crippen LogP) is 6.28. The van der Waals surface area contributed by atoms with Crippen molar-refractivity contribution in [3.05, 3.63) is 35.0 Å². The average molecular weight is 486 g/mol. The third-order valence-corrected chi connectivity index (χ3v) is 8.18. The average Bonchev–Trinajstić information content (AvgIpc) is 2.81. The molecule has 0 atom stereocenters. The monoisotopic (exact) mass is 485 g/mol. The lowest BCUT2D eigenvalue weighted by Crippen LogP contribution is -2.38. The van der Waals surface area contributed by atoms with Gasteiger partial charge in [-0.15, -0.1) is 0 Å². The van der Waals surface area contributed by atoms with Gasteiger partial charge in [-0.1, -0.05) is 38.4 Å². The van der Waals surface area contributed by atoms with Crippen molar-refractivity contribution in [2.75, 3.05) is 5.32 Å². The van der Waals surface area contributed by atoms with Gasteiger partial charge in [0.1, 0.15) is 5.82 Å². The minimum absolute atomic E-state index is 0.00663. The molecule has 34 heavy (non-hydrogen) atoms. The van der Waals surface area contributed by atoms with Gasteiger partial charge in [-0.25, -0.2) is 4.98 Å². The SMILES string of the molecule is CC(C)(C)C1CCC(Nc2ncc3ccc(C(=O)N[C@H]4CC[C@@H](C(=O)O)CC4)cc3c2Cl)CC1. The summed E-state index contributed by atoms with van der Waals surface area (Å²) in [5.41, 5.74) is 0.897. The molecule has 1 amide bonds. The van der Waals surface area contributed by atoms with Gasteiger partial charge in [0.15, 0.2) is 0 Å². The normalized spacial score (nSPS) is 25.6. The maximum absolute atomic E-state index is 12.9. The first-order valence-electron chi connectivity index (χ1n) is 12.5. The zero-order valence-corrected chi connectivity index (χ0v) is 21.1. The highest BCUT2D eigenvalue weighted by molar-refractivity contribution is 6.38. The molecule has 2 aromatic rings. The smallest absolute Gasteiger partial charge is 0.306 e. The maximum Gasteiger partial charge on any atom is 0.306 e. The van der Waals surface area contributed by atoms with Crippen LogP contribution in [0.2, 0.25) is 5.02 Å². The number of nitrogens with zero attached hydrogens (tertiary/aromatic N) is 1. The first kappa shape index (κ1) is 24.8. The van der Waals surface area contributed by atoms with Crippen LogP contribution in [0.5, 0.6) is 0 Å². The fourth-order valence-corrected chi connectivity index (χ4v) is 5.74. The molecule has 0 unspecified atom stereocenters. The summed E-state index contributed by atoms with van der Waals surface area (Å²) < 4.78 is 0. The Balaban J connectivity index is 1.42. The lowest BCUT2D eigenvalue weighted by atomic mass is 9.71. The molecule has 2 saturated carbocycles. The summed E-state index contributed by atoms with van der Waals surface area (Å²) in [4.78, 5) is 28.6. The van der Waals surface area contributed by atoms with Crippen LogP contribution in [0.3, 0.4) is 0 Å². The summed E-state index contributed by atoms with van der Waals surface area (Å²) >= 11 is 6.76. The van der Waals surface area contributed by atoms with Gasteiger partial charge in [0.25, 0.3) is 5.91 Å². The number of rotatable bonds is 5. The van der Waals surface area contributed by atoms with Crippen molar-refractivity contribution in [3.8, 4) is 0 Å². The summed E-state index contributed by atoms with van der Waals surface area (Å²) in [6.07, 6.45) is 8.98. The van der Waals surface area contributed by atoms with E-state index >= 15 is 0 Å². The van der Waals surface area contributed by atoms with Crippen LogP contribution in [-0.2, 0) is 4.79 Å². The second-order valence-corrected chi connectivity index (χ2v) is 11.5. The number of nitrogens with one attached hydrogen (secondary N) is 2. The molecule has 0 bridgehead atoms. The molecule has 0 radical (unpaired) electrons. The van der Waals surface area contributed by atoms with E-state index in [0.717, 1.165) is 29.5 Å². The van der Waals surface area contributed by atoms with Gasteiger partial charge in [-0.3, -0.25) is 9.59 Å². The largest absolute Gasteiger partial charge is 0.481 e. The van der Waals surface area contributed by atoms with Gasteiger partial charge in [0, 0.05) is 34.6 Å². The van der Waals surface area contributed by atoms with Crippen molar-refractivity contribution in [2.24, 2.45) is 17.3 Å². The maximum atomic E-state index is 12.9. The molecule has 3 N–H and O–H groups in total. The van der Waals surface area contributed by atoms with Crippen LogP contribution in [0.4, 0.5) is 5.82 Å². The number of hydrogen-bond acceptors (Lipinski definition) is 4. The highest BCUT2D eigenvalue weighted by Crippen LogP contribution is 2.39. The molecular weight excluding hydrogens is 450 g/mol. The van der Waals surface area contributed by atoms with E-state index in [9.17, 15) is 14.7 Å². The van der Waals surface area contributed by atoms with Gasteiger partial charge >= 0.3 is 5.97 Å². The number of carbonyl (C=O) groups is 2. The van der Waals surface area contributed by atoms with Crippen molar-refractivity contribution >= 4 is 40.1 Å². The Morgan fingerprint density at radius 1 is 1.00 bits per heavy atom. The Kier molecular flexibility index (Phi) is 7.36. The summed E-state index contributed by atoms with van der Waals surface area (Å²) in [5, 5.41) is 18.0. The fourth-order valence-electron chi connectivity index (χ4n) is 5.47. The molecule has 1 aromatic carbocycles. The van der Waals surface area contributed by atoms with E-state index in [-0.39, 0.29) is 17.9 Å². The molecule has 2 aliphatic carbocycles. The Bertz CT molecular complexity index is 1050. The van der Waals surface area contributed by atoms with E-state index in [2.05, 4.69) is 36.4 Å². The summed E-state index contributed by atoms with van der Waals surface area (Å²) in [5.74, 6) is 0.233. The van der Waals surface area contributed by atoms with Gasteiger partial charge in [-0.2, -0.15) is 0 Å². The molecule has 0 spiro atoms. The lowest BCUT2D eigenvalue weighted by molar-refractivity contribution is -0.142. The molecule has 2 fully saturated rings. The van der Waals surface area contributed by atoms with Gasteiger partial charge in [0.2, 0.25) is 0 Å². The predicted molar refractivity (Wildman–Crippen MR) is 136 cm³/mol. The van der Waals surface area contributed by atoms with E-state index < -0.39 is 5.97 Å². The number of benzene rings is 1. The molecule has 1 aromatic heterocycles. The van der Waals surface area contributed by atoms with Crippen molar-refractivity contribution in [1.29, 1.82) is 0 Å². The zero-order valence-electron chi connectivity index (χ0n) is 20.4. The fraction of sp³-hybridized carbons (Fsp3) is 0.593. The number of amides is 1. The molecule has 4 rings (SSSR count). The molecular formula is C27H36ClN3O3. The quantitative estimate of drug-likeness (QED) is 0.463. The van der Waals surface area contributed by atoms with Crippen LogP contribution in [-0.4, -0.2) is 34.1 Å². The van der Waals surface area contributed by atoms with Crippen molar-refractivity contribution in [3.63, 3.8) is 0 Å². The Morgan fingerprint density at radius 3 is 2.26 bits per heavy atom. The van der Waals surface area contributed by atoms with E-state index in [4.69, 9.17) is 11.6 Å². The third kappa shape index (κ3) is 5.65. The Hall–Kier alpha value is -2.34. The number of carbonyl (C=O) groups excluding carboxylic acids is 1. The van der Waals surface area contributed by atoms with E-state index in [1.807, 2.05) is 12.1 Å². The number of aromatic nitrogens is 1. The van der Waals surface area contributed by atoms with Crippen LogP contribution in [0.1, 0.15) is 82.5 Å². The zero-order chi connectivity index (χ0) is 24.5. The summed E-state index contributed by atoms with van der Waals surface area (Å²) in [6, 6.07) is 5.86. The molecule has 1 heterocycles. The van der Waals surface area contributed by atoms with Crippen LogP contribution in [0.15, 0.2) is 24.4 Å². The minimum atomic E-state index is -0.741. The first-order valence-corrected chi connectivity index (χ1v) is 12.9. The van der Waals surface area contributed by atoms with Crippen molar-refractivity contribution in [1.82, 2.24) is 10.3 Å². The Labute approximate surface area is 206 Å². The van der Waals surface area contributed by atoms with Gasteiger partial charge in [0.05, 0.1) is 10.9 Å². The molecule has 7 heteroatoms. The molecule has 0 aliphatic heterocycles. The second kappa shape index (κ2) is 10.1. The molecule has 184 valence electrons. The highest BCUT2D eigenvalue weighted by Gasteiger charge is 2.30. The third-order valence-electron chi connectivity index (χ3n) is 7.80. The number of halogens is 1. The van der Waals surface area contributed by atoms with Crippen molar-refractivity contribution in [2.45, 2.75) is 84.2 Å². The molecule has 0 saturated heterocycles. The number of carboxylic acid groups (broad SMARTS) is 1. The van der Waals surface area contributed by atoms with Crippen LogP contribution in [0.25, 0.3) is 10.8 Å². The van der Waals surface area contributed by atoms with Crippen LogP contribution in [0, 0.1) is 17.3 Å². The second-order valence-electron chi connectivity index (χ2n) is 11.1. The number of fused-ring (bicyclic) bond motifs is 1. The first-order chi connectivity index (χ1) is 16.1. The van der Waals surface area contributed by atoms with E-state index in [1.165, 1.54) is 12.8 Å². The topological polar surface area (TPSA) is 91.3 Å². The van der Waals surface area contributed by atoms with E-state index in [1.54, 1.807) is 12.3 Å². The van der Waals surface area contributed by atoms with E-state index in [0.29, 0.717) is 53.5 Å². The summed E-state index contributed by atoms with van der Waals surface area (Å²) in [7, 11) is 0. The highest BCUT2D eigenvalue weighted by atomic mass is 35.5. The summed E-state index contributed by atoms with van der Waals surface area (Å²) in [6.45, 7) is 6.96. The minimum Gasteiger partial charge on any atom is -0.481 e. The molecule has 2 aliphatic rings. The number of anilines is 1. The van der Waals surface area contributed by atoms with Gasteiger partial charge < -0.3 is 15.7 Å². The van der Waals surface area contributed by atoms with Crippen LogP contribution < -0.4 is 10.6 Å². The van der Waals surface area contributed by atoms with Crippen LogP contribution >= 0.6 is 11.6 Å². The number of aliphatic carboxylic acids is 1. The van der Waals surface area contributed by atoms with Gasteiger partial charge in [-0.05, 0) is 74.8 Å². The molecule has 6 nitrogen and oxygen atoms in total. The number of carboxylic acids is 1. The Morgan fingerprint density at radius 2 is 1.65 bits per heavy atom. The van der Waals surface area contributed by atoms with Crippen molar-refractivity contribution < 1.29 is 14.7 Å². The number of pyridine rings is 1. The standard InChI is InChI=1S/C27H36ClN3O3/c1-27(2,3)19-8-12-20(13-9-19)30-24-23(28)22-14-17(4-5-18(22)15-29-24)25(32)31-21-10-6-16(7-11-21)26(33)34/h4-5,14-16,19-21H,6-13H2,1-3H3,(H,29,30)(H,31,32)(H,33,34)/t16-,19?,20?,21+.